The molecular weight excluding hydrogens is 382 g/mol. The second kappa shape index (κ2) is 8.37. The number of rotatable bonds is 8. The monoisotopic (exact) mass is 413 g/mol. The zero-order valence-electron chi connectivity index (χ0n) is 17.6. The van der Waals surface area contributed by atoms with Crippen molar-refractivity contribution in [3.05, 3.63) is 31.0 Å². The first-order valence-electron chi connectivity index (χ1n) is 10.5. The Morgan fingerprint density at radius 3 is 2.86 bits per heavy atom. The summed E-state index contributed by atoms with van der Waals surface area (Å²) in [7, 11) is -1.08. The summed E-state index contributed by atoms with van der Waals surface area (Å²) < 4.78 is 9.91. The lowest BCUT2D eigenvalue weighted by Crippen LogP contribution is -2.22. The van der Waals surface area contributed by atoms with Crippen LogP contribution >= 0.6 is 0 Å². The average Bonchev–Trinajstić information content (AvgIpc) is 3.38. The van der Waals surface area contributed by atoms with Gasteiger partial charge in [0.15, 0.2) is 0 Å². The van der Waals surface area contributed by atoms with Gasteiger partial charge in [-0.05, 0) is 37.3 Å². The van der Waals surface area contributed by atoms with E-state index in [-0.39, 0.29) is 6.10 Å². The third kappa shape index (κ3) is 4.94. The van der Waals surface area contributed by atoms with Gasteiger partial charge in [0.2, 0.25) is 0 Å². The van der Waals surface area contributed by atoms with Gasteiger partial charge in [-0.2, -0.15) is 5.10 Å². The van der Waals surface area contributed by atoms with Crippen molar-refractivity contribution in [1.82, 2.24) is 24.3 Å². The molecule has 1 fully saturated rings. The summed E-state index contributed by atoms with van der Waals surface area (Å²) in [5.41, 5.74) is 2.77. The fourth-order valence-corrected chi connectivity index (χ4v) is 4.70. The van der Waals surface area contributed by atoms with Crippen LogP contribution in [0.25, 0.3) is 22.3 Å². The van der Waals surface area contributed by atoms with Gasteiger partial charge in [0, 0.05) is 44.6 Å². The van der Waals surface area contributed by atoms with Gasteiger partial charge < -0.3 is 14.4 Å². The molecule has 0 amide bonds. The zero-order chi connectivity index (χ0) is 20.4. The maximum absolute atomic E-state index is 9.74. The van der Waals surface area contributed by atoms with Crippen LogP contribution in [-0.4, -0.2) is 50.2 Å². The van der Waals surface area contributed by atoms with Crippen LogP contribution in [-0.2, 0) is 18.0 Å². The summed E-state index contributed by atoms with van der Waals surface area (Å²) in [6, 6.07) is 3.21. The van der Waals surface area contributed by atoms with E-state index in [9.17, 15) is 5.11 Å². The van der Waals surface area contributed by atoms with E-state index in [1.807, 2.05) is 27.8 Å². The first-order valence-corrected chi connectivity index (χ1v) is 14.2. The highest BCUT2D eigenvalue weighted by atomic mass is 28.3. The van der Waals surface area contributed by atoms with Crippen molar-refractivity contribution in [1.29, 1.82) is 0 Å². The molecule has 4 rings (SSSR count). The van der Waals surface area contributed by atoms with Crippen molar-refractivity contribution >= 4 is 19.1 Å². The Balaban J connectivity index is 1.47. The number of aromatic nitrogens is 5. The van der Waals surface area contributed by atoms with Crippen LogP contribution in [0.5, 0.6) is 0 Å². The molecule has 3 aromatic rings. The highest BCUT2D eigenvalue weighted by Gasteiger charge is 2.23. The fourth-order valence-electron chi connectivity index (χ4n) is 3.94. The highest BCUT2D eigenvalue weighted by molar-refractivity contribution is 6.76. The van der Waals surface area contributed by atoms with Crippen molar-refractivity contribution in [3.63, 3.8) is 0 Å². The number of aliphatic hydroxyl groups is 1. The molecule has 0 bridgehead atoms. The summed E-state index contributed by atoms with van der Waals surface area (Å²) in [5.74, 6) is 0.498. The summed E-state index contributed by atoms with van der Waals surface area (Å²) in [5, 5.41) is 15.3. The highest BCUT2D eigenvalue weighted by Crippen LogP contribution is 2.29. The van der Waals surface area contributed by atoms with Crippen LogP contribution in [0, 0.1) is 5.92 Å². The summed E-state index contributed by atoms with van der Waals surface area (Å²) in [6.07, 6.45) is 10.2. The molecule has 0 spiro atoms. The Morgan fingerprint density at radius 2 is 2.10 bits per heavy atom. The van der Waals surface area contributed by atoms with Gasteiger partial charge in [0.05, 0.1) is 18.0 Å². The third-order valence-corrected chi connectivity index (χ3v) is 7.35. The molecule has 156 valence electrons. The maximum Gasteiger partial charge on any atom is 0.145 e. The molecule has 2 atom stereocenters. The minimum absolute atomic E-state index is 0.149. The van der Waals surface area contributed by atoms with Gasteiger partial charge in [-0.15, -0.1) is 0 Å². The number of ether oxygens (including phenoxy) is 1. The van der Waals surface area contributed by atoms with Crippen LogP contribution in [0.4, 0.5) is 0 Å². The predicted molar refractivity (Wildman–Crippen MR) is 116 cm³/mol. The topological polar surface area (TPSA) is 78.0 Å². The molecule has 0 saturated heterocycles. The van der Waals surface area contributed by atoms with Gasteiger partial charge in [0.25, 0.3) is 0 Å². The number of hydrogen-bond donors (Lipinski definition) is 1. The first kappa shape index (κ1) is 20.2. The van der Waals surface area contributed by atoms with Crippen molar-refractivity contribution in [2.45, 2.75) is 64.3 Å². The Hall–Kier alpha value is -2.03. The largest absolute Gasteiger partial charge is 0.393 e. The number of aliphatic hydroxyl groups excluding tert-OH is 1. The van der Waals surface area contributed by atoms with E-state index >= 15 is 0 Å². The molecule has 1 aliphatic rings. The van der Waals surface area contributed by atoms with E-state index in [2.05, 4.69) is 40.8 Å². The summed E-state index contributed by atoms with van der Waals surface area (Å²) in [4.78, 5) is 9.00. The number of nitrogens with zero attached hydrogens (tertiary/aromatic N) is 5. The lowest BCUT2D eigenvalue weighted by Gasteiger charge is -2.15. The van der Waals surface area contributed by atoms with Gasteiger partial charge in [0.1, 0.15) is 18.7 Å². The molecule has 1 aliphatic carbocycles. The number of fused-ring (bicyclic) bond motifs is 1. The average molecular weight is 414 g/mol. The van der Waals surface area contributed by atoms with Gasteiger partial charge >= 0.3 is 0 Å². The van der Waals surface area contributed by atoms with E-state index in [1.165, 1.54) is 0 Å². The van der Waals surface area contributed by atoms with Gasteiger partial charge in [-0.1, -0.05) is 19.6 Å². The van der Waals surface area contributed by atoms with E-state index in [0.29, 0.717) is 12.6 Å². The molecule has 0 aromatic carbocycles. The van der Waals surface area contributed by atoms with E-state index in [1.54, 1.807) is 6.33 Å². The van der Waals surface area contributed by atoms with Crippen LogP contribution in [0.2, 0.25) is 25.7 Å². The molecule has 29 heavy (non-hydrogen) atoms. The van der Waals surface area contributed by atoms with E-state index in [4.69, 9.17) is 4.74 Å². The van der Waals surface area contributed by atoms with Crippen LogP contribution < -0.4 is 0 Å². The van der Waals surface area contributed by atoms with Crippen molar-refractivity contribution < 1.29 is 9.84 Å². The SMILES string of the molecule is C[Si](C)(C)CCOCn1ccc2c(-c3cnn(C[C@H]4CC[C@@H](O)C4)c3)ncnc21. The normalized spacial score (nSPS) is 20.0. The Kier molecular flexibility index (Phi) is 5.85. The minimum atomic E-state index is -1.08. The summed E-state index contributed by atoms with van der Waals surface area (Å²) >= 11 is 0. The second-order valence-electron chi connectivity index (χ2n) is 9.38. The van der Waals surface area contributed by atoms with Crippen molar-refractivity contribution in [3.8, 4) is 11.3 Å². The quantitative estimate of drug-likeness (QED) is 0.449. The molecule has 7 nitrogen and oxygen atoms in total. The van der Waals surface area contributed by atoms with Crippen molar-refractivity contribution in [2.24, 2.45) is 5.92 Å². The van der Waals surface area contributed by atoms with Crippen LogP contribution in [0.3, 0.4) is 0 Å². The second-order valence-corrected chi connectivity index (χ2v) is 15.0. The lowest BCUT2D eigenvalue weighted by atomic mass is 10.1. The smallest absolute Gasteiger partial charge is 0.145 e. The van der Waals surface area contributed by atoms with Crippen LogP contribution in [0.1, 0.15) is 19.3 Å². The molecular formula is C21H31N5O2Si. The van der Waals surface area contributed by atoms with Crippen LogP contribution in [0.15, 0.2) is 31.0 Å². The molecule has 3 heterocycles. The summed E-state index contributed by atoms with van der Waals surface area (Å²) in [6.45, 7) is 9.21. The Morgan fingerprint density at radius 1 is 1.24 bits per heavy atom. The zero-order valence-corrected chi connectivity index (χ0v) is 18.6. The van der Waals surface area contributed by atoms with E-state index in [0.717, 1.165) is 60.7 Å². The lowest BCUT2D eigenvalue weighted by molar-refractivity contribution is 0.0899. The molecule has 1 saturated carbocycles. The molecule has 1 N–H and O–H groups in total. The Bertz CT molecular complexity index is 962. The number of hydrogen-bond acceptors (Lipinski definition) is 5. The minimum Gasteiger partial charge on any atom is -0.393 e. The first-order chi connectivity index (χ1) is 13.9. The molecule has 0 aliphatic heterocycles. The standard InChI is InChI=1S/C21H31N5O2Si/c1-29(2,3)9-8-28-15-25-7-6-19-20(22-14-23-21(19)25)17-11-24-26(13-17)12-16-4-5-18(27)10-16/h6-7,11,13-14,16,18,27H,4-5,8-10,12,15H2,1-3H3/t16-,18+/m0/s1. The maximum atomic E-state index is 9.74. The third-order valence-electron chi connectivity index (χ3n) is 5.65. The Labute approximate surface area is 172 Å². The molecule has 0 unspecified atom stereocenters. The van der Waals surface area contributed by atoms with Crippen molar-refractivity contribution in [2.75, 3.05) is 6.61 Å². The van der Waals surface area contributed by atoms with E-state index < -0.39 is 8.07 Å². The van der Waals surface area contributed by atoms with Gasteiger partial charge in [-0.25, -0.2) is 9.97 Å². The fraction of sp³-hybridized carbons (Fsp3) is 0.571. The predicted octanol–water partition coefficient (Wildman–Crippen LogP) is 3.77. The molecule has 8 heteroatoms. The van der Waals surface area contributed by atoms with Gasteiger partial charge in [-0.3, -0.25) is 4.68 Å². The molecule has 0 radical (unpaired) electrons. The molecule has 3 aromatic heterocycles.